The summed E-state index contributed by atoms with van der Waals surface area (Å²) in [4.78, 5) is 15.2. The van der Waals surface area contributed by atoms with Gasteiger partial charge in [0, 0.05) is 36.8 Å². The first kappa shape index (κ1) is 16.3. The van der Waals surface area contributed by atoms with E-state index in [1.54, 1.807) is 0 Å². The van der Waals surface area contributed by atoms with Crippen LogP contribution < -0.4 is 4.90 Å². The molecule has 128 valence electrons. The summed E-state index contributed by atoms with van der Waals surface area (Å²) in [6.45, 7) is 0. The van der Waals surface area contributed by atoms with E-state index in [2.05, 4.69) is 47.4 Å². The molecule has 0 bridgehead atoms. The monoisotopic (exact) mass is 339 g/mol. The Morgan fingerprint density at radius 1 is 0.808 bits per heavy atom. The molecule has 1 atom stereocenters. The molecule has 0 saturated heterocycles. The van der Waals surface area contributed by atoms with Gasteiger partial charge in [0.25, 0.3) is 0 Å². The van der Waals surface area contributed by atoms with Crippen molar-refractivity contribution in [3.8, 4) is 0 Å². The van der Waals surface area contributed by atoms with E-state index >= 15 is 0 Å². The molecule has 0 fully saturated rings. The summed E-state index contributed by atoms with van der Waals surface area (Å²) < 4.78 is 0. The van der Waals surface area contributed by atoms with Gasteiger partial charge in [0.1, 0.15) is 0 Å². The third-order valence-electron chi connectivity index (χ3n) is 4.95. The van der Waals surface area contributed by atoms with Crippen molar-refractivity contribution in [2.45, 2.75) is 5.92 Å². The van der Waals surface area contributed by atoms with E-state index < -0.39 is 0 Å². The Hall–Kier alpha value is -3.13. The number of nitrogens with zero attached hydrogens (tertiary/aromatic N) is 1. The number of fused-ring (bicyclic) bond motifs is 1. The van der Waals surface area contributed by atoms with E-state index in [0.29, 0.717) is 0 Å². The second-order valence-electron chi connectivity index (χ2n) is 6.85. The van der Waals surface area contributed by atoms with Gasteiger partial charge in [0.2, 0.25) is 0 Å². The Balaban J connectivity index is 1.82. The molecule has 0 amide bonds. The number of Topliss-reactive ketones (excluding diaryl/α,β-unsaturated/α-hetero) is 1. The fraction of sp³-hybridized carbons (Fsp3) is 0.125. The summed E-state index contributed by atoms with van der Waals surface area (Å²) in [5.74, 6) is 0.125. The zero-order valence-corrected chi connectivity index (χ0v) is 15.0. The molecule has 3 aromatic rings. The topological polar surface area (TPSA) is 20.3 Å². The van der Waals surface area contributed by atoms with Crippen LogP contribution in [0.3, 0.4) is 0 Å². The van der Waals surface area contributed by atoms with Crippen LogP contribution in [-0.2, 0) is 0 Å². The van der Waals surface area contributed by atoms with Gasteiger partial charge in [-0.25, -0.2) is 0 Å². The van der Waals surface area contributed by atoms with Crippen molar-refractivity contribution >= 4 is 17.5 Å². The molecule has 0 aromatic heterocycles. The molecule has 0 heterocycles. The maximum atomic E-state index is 13.1. The number of hydrogen-bond acceptors (Lipinski definition) is 2. The number of allylic oxidation sites excluding steroid dienone is 1. The molecule has 2 heteroatoms. The number of anilines is 1. The lowest BCUT2D eigenvalue weighted by Gasteiger charge is -2.14. The molecular formula is C24H21NO. The van der Waals surface area contributed by atoms with Gasteiger partial charge in [0.05, 0.1) is 0 Å². The van der Waals surface area contributed by atoms with Crippen LogP contribution in [0, 0.1) is 0 Å². The molecule has 26 heavy (non-hydrogen) atoms. The molecule has 0 N–H and O–H groups in total. The highest BCUT2D eigenvalue weighted by Crippen LogP contribution is 2.42. The van der Waals surface area contributed by atoms with Crippen molar-refractivity contribution in [3.05, 3.63) is 107 Å². The standard InChI is InChI=1S/C24H21NO/c1-25(2)19-14-12-17(13-15-19)16-22-23(18-8-4-3-5-9-18)20-10-6-7-11-21(20)24(22)26/h3-16,23H,1-2H3/b22-16-/t23-/m1/s1. The highest BCUT2D eigenvalue weighted by molar-refractivity contribution is 6.17. The quantitative estimate of drug-likeness (QED) is 0.614. The van der Waals surface area contributed by atoms with E-state index in [1.165, 1.54) is 0 Å². The zero-order valence-electron chi connectivity index (χ0n) is 15.0. The summed E-state index contributed by atoms with van der Waals surface area (Å²) >= 11 is 0. The van der Waals surface area contributed by atoms with Gasteiger partial charge in [-0.3, -0.25) is 4.79 Å². The molecule has 0 aliphatic heterocycles. The molecular weight excluding hydrogens is 318 g/mol. The normalized spacial score (nSPS) is 17.4. The fourth-order valence-corrected chi connectivity index (χ4v) is 3.61. The van der Waals surface area contributed by atoms with Gasteiger partial charge in [-0.05, 0) is 34.9 Å². The third-order valence-corrected chi connectivity index (χ3v) is 4.95. The Kier molecular flexibility index (Phi) is 4.18. The van der Waals surface area contributed by atoms with Crippen LogP contribution in [0.5, 0.6) is 0 Å². The first-order valence-corrected chi connectivity index (χ1v) is 8.82. The zero-order chi connectivity index (χ0) is 18.1. The number of rotatable bonds is 3. The first-order chi connectivity index (χ1) is 12.6. The molecule has 4 rings (SSSR count). The van der Waals surface area contributed by atoms with Gasteiger partial charge in [-0.1, -0.05) is 66.7 Å². The van der Waals surface area contributed by atoms with Gasteiger partial charge in [-0.2, -0.15) is 0 Å². The minimum atomic E-state index is -0.00609. The van der Waals surface area contributed by atoms with Crippen LogP contribution in [-0.4, -0.2) is 19.9 Å². The first-order valence-electron chi connectivity index (χ1n) is 8.82. The molecule has 2 nitrogen and oxygen atoms in total. The second-order valence-corrected chi connectivity index (χ2v) is 6.85. The third kappa shape index (κ3) is 2.84. The van der Waals surface area contributed by atoms with Gasteiger partial charge in [-0.15, -0.1) is 0 Å². The molecule has 0 spiro atoms. The molecule has 1 aliphatic carbocycles. The van der Waals surface area contributed by atoms with Crippen molar-refractivity contribution in [3.63, 3.8) is 0 Å². The van der Waals surface area contributed by atoms with Crippen LogP contribution >= 0.6 is 0 Å². The molecule has 1 aliphatic rings. The number of carbonyl (C=O) groups is 1. The Morgan fingerprint density at radius 2 is 1.46 bits per heavy atom. The van der Waals surface area contributed by atoms with Gasteiger partial charge in [0.15, 0.2) is 5.78 Å². The lowest BCUT2D eigenvalue weighted by atomic mass is 9.89. The molecule has 0 radical (unpaired) electrons. The SMILES string of the molecule is CN(C)c1ccc(/C=C2\C(=O)c3ccccc3[C@H]2c2ccccc2)cc1. The fourth-order valence-electron chi connectivity index (χ4n) is 3.61. The summed E-state index contributed by atoms with van der Waals surface area (Å²) in [5.41, 5.74) is 6.11. The van der Waals surface area contributed by atoms with E-state index in [1.807, 2.05) is 56.6 Å². The summed E-state index contributed by atoms with van der Waals surface area (Å²) in [5, 5.41) is 0. The Labute approximate surface area is 154 Å². The van der Waals surface area contributed by atoms with Gasteiger partial charge < -0.3 is 4.90 Å². The Bertz CT molecular complexity index is 969. The van der Waals surface area contributed by atoms with Crippen LogP contribution in [0.4, 0.5) is 5.69 Å². The molecule has 0 unspecified atom stereocenters. The van der Waals surface area contributed by atoms with Gasteiger partial charge >= 0.3 is 0 Å². The average Bonchev–Trinajstić information content (AvgIpc) is 2.95. The van der Waals surface area contributed by atoms with E-state index in [-0.39, 0.29) is 11.7 Å². The van der Waals surface area contributed by atoms with Crippen molar-refractivity contribution in [2.75, 3.05) is 19.0 Å². The van der Waals surface area contributed by atoms with Crippen molar-refractivity contribution in [1.82, 2.24) is 0 Å². The maximum absolute atomic E-state index is 13.1. The predicted molar refractivity (Wildman–Crippen MR) is 108 cm³/mol. The van der Waals surface area contributed by atoms with Crippen LogP contribution in [0.2, 0.25) is 0 Å². The predicted octanol–water partition coefficient (Wildman–Crippen LogP) is 5.16. The van der Waals surface area contributed by atoms with Crippen molar-refractivity contribution < 1.29 is 4.79 Å². The smallest absolute Gasteiger partial charge is 0.190 e. The van der Waals surface area contributed by atoms with Crippen LogP contribution in [0.15, 0.2) is 84.4 Å². The largest absolute Gasteiger partial charge is 0.378 e. The number of carbonyl (C=O) groups excluding carboxylic acids is 1. The summed E-state index contributed by atoms with van der Waals surface area (Å²) in [6.07, 6.45) is 2.04. The molecule has 3 aromatic carbocycles. The van der Waals surface area contributed by atoms with E-state index in [4.69, 9.17) is 0 Å². The number of hydrogen-bond donors (Lipinski definition) is 0. The summed E-state index contributed by atoms with van der Waals surface area (Å²) in [7, 11) is 4.05. The van der Waals surface area contributed by atoms with E-state index in [0.717, 1.165) is 33.5 Å². The van der Waals surface area contributed by atoms with Crippen LogP contribution in [0.1, 0.15) is 33.0 Å². The average molecular weight is 339 g/mol. The van der Waals surface area contributed by atoms with E-state index in [9.17, 15) is 4.79 Å². The Morgan fingerprint density at radius 3 is 2.15 bits per heavy atom. The lowest BCUT2D eigenvalue weighted by molar-refractivity contribution is 0.103. The minimum Gasteiger partial charge on any atom is -0.378 e. The highest BCUT2D eigenvalue weighted by Gasteiger charge is 2.35. The second kappa shape index (κ2) is 6.64. The summed E-state index contributed by atoms with van der Waals surface area (Å²) in [6, 6.07) is 26.5. The lowest BCUT2D eigenvalue weighted by Crippen LogP contribution is -2.08. The number of benzene rings is 3. The van der Waals surface area contributed by atoms with Crippen LogP contribution in [0.25, 0.3) is 6.08 Å². The van der Waals surface area contributed by atoms with Crippen molar-refractivity contribution in [2.24, 2.45) is 0 Å². The molecule has 0 saturated carbocycles. The highest BCUT2D eigenvalue weighted by atomic mass is 16.1. The number of ketones is 1. The van der Waals surface area contributed by atoms with Crippen molar-refractivity contribution in [1.29, 1.82) is 0 Å². The maximum Gasteiger partial charge on any atom is 0.190 e. The minimum absolute atomic E-state index is 0.00609.